The predicted octanol–water partition coefficient (Wildman–Crippen LogP) is 1.04. The summed E-state index contributed by atoms with van der Waals surface area (Å²) in [4.78, 5) is 0. The van der Waals surface area contributed by atoms with Crippen molar-refractivity contribution in [2.24, 2.45) is 11.8 Å². The van der Waals surface area contributed by atoms with Crippen molar-refractivity contribution in [3.63, 3.8) is 0 Å². The molecule has 0 saturated carbocycles. The minimum absolute atomic E-state index is 0.103. The lowest BCUT2D eigenvalue weighted by Gasteiger charge is -2.31. The highest BCUT2D eigenvalue weighted by Crippen LogP contribution is 2.24. The van der Waals surface area contributed by atoms with Gasteiger partial charge >= 0.3 is 0 Å². The lowest BCUT2D eigenvalue weighted by molar-refractivity contribution is -0.0602. The zero-order valence-corrected chi connectivity index (χ0v) is 6.71. The summed E-state index contributed by atoms with van der Waals surface area (Å²) in [5.74, 6) is 1.36. The average molecular weight is 144 g/mol. The van der Waals surface area contributed by atoms with Crippen molar-refractivity contribution in [3.05, 3.63) is 0 Å². The molecular weight excluding hydrogens is 128 g/mol. The number of hydrogen-bond donors (Lipinski definition) is 1. The minimum Gasteiger partial charge on any atom is -0.394 e. The van der Waals surface area contributed by atoms with Crippen LogP contribution < -0.4 is 0 Å². The molecule has 1 saturated heterocycles. The van der Waals surface area contributed by atoms with Crippen molar-refractivity contribution in [1.82, 2.24) is 0 Å². The predicted molar refractivity (Wildman–Crippen MR) is 39.8 cm³/mol. The third-order valence-electron chi connectivity index (χ3n) is 2.40. The van der Waals surface area contributed by atoms with Gasteiger partial charge in [0.1, 0.15) is 0 Å². The average Bonchev–Trinajstić information content (AvgIpc) is 1.95. The molecule has 0 aromatic heterocycles. The van der Waals surface area contributed by atoms with Crippen molar-refractivity contribution in [2.45, 2.75) is 26.4 Å². The Hall–Kier alpha value is -0.0800. The molecule has 1 aliphatic rings. The molecule has 0 amide bonds. The highest BCUT2D eigenvalue weighted by Gasteiger charge is 2.24. The Labute approximate surface area is 62.2 Å². The van der Waals surface area contributed by atoms with Crippen LogP contribution in [0.2, 0.25) is 0 Å². The van der Waals surface area contributed by atoms with E-state index < -0.39 is 0 Å². The van der Waals surface area contributed by atoms with Crippen LogP contribution in [0.1, 0.15) is 20.3 Å². The molecule has 0 spiro atoms. The molecule has 2 nitrogen and oxygen atoms in total. The molecular formula is C8H16O2. The van der Waals surface area contributed by atoms with Gasteiger partial charge in [-0.3, -0.25) is 0 Å². The van der Waals surface area contributed by atoms with Crippen LogP contribution in [-0.4, -0.2) is 24.4 Å². The number of aliphatic hydroxyl groups excluding tert-OH is 1. The Balaban J connectivity index is 2.33. The van der Waals surface area contributed by atoms with Crippen LogP contribution in [-0.2, 0) is 4.74 Å². The first kappa shape index (κ1) is 8.02. The van der Waals surface area contributed by atoms with E-state index in [0.717, 1.165) is 13.0 Å². The maximum atomic E-state index is 8.77. The van der Waals surface area contributed by atoms with Crippen molar-refractivity contribution in [3.8, 4) is 0 Å². The number of rotatable bonds is 1. The summed E-state index contributed by atoms with van der Waals surface area (Å²) in [5.41, 5.74) is 0. The summed E-state index contributed by atoms with van der Waals surface area (Å²) in [6, 6.07) is 0. The van der Waals surface area contributed by atoms with Gasteiger partial charge in [-0.05, 0) is 18.3 Å². The highest BCUT2D eigenvalue weighted by molar-refractivity contribution is 4.72. The topological polar surface area (TPSA) is 29.5 Å². The molecule has 0 aliphatic carbocycles. The summed E-state index contributed by atoms with van der Waals surface area (Å²) in [6.45, 7) is 5.40. The Bertz CT molecular complexity index is 103. The van der Waals surface area contributed by atoms with Crippen LogP contribution in [0.25, 0.3) is 0 Å². The molecule has 0 radical (unpaired) electrons. The van der Waals surface area contributed by atoms with E-state index in [-0.39, 0.29) is 12.7 Å². The van der Waals surface area contributed by atoms with Crippen molar-refractivity contribution in [1.29, 1.82) is 0 Å². The van der Waals surface area contributed by atoms with Gasteiger partial charge in [0.25, 0.3) is 0 Å². The number of ether oxygens (including phenoxy) is 1. The molecule has 2 heteroatoms. The van der Waals surface area contributed by atoms with Gasteiger partial charge in [0.2, 0.25) is 0 Å². The standard InChI is InChI=1S/C8H16O2/c1-6-3-8(4-9)10-5-7(6)2/h6-9H,3-5H2,1-2H3/t6?,7?,8-/m1/s1. The maximum absolute atomic E-state index is 8.77. The van der Waals surface area contributed by atoms with Crippen molar-refractivity contribution >= 4 is 0 Å². The van der Waals surface area contributed by atoms with Gasteiger partial charge in [-0.2, -0.15) is 0 Å². The second-order valence-electron chi connectivity index (χ2n) is 3.33. The Kier molecular flexibility index (Phi) is 2.69. The molecule has 1 fully saturated rings. The molecule has 0 aromatic carbocycles. The fourth-order valence-corrected chi connectivity index (χ4v) is 1.29. The molecule has 0 bridgehead atoms. The van der Waals surface area contributed by atoms with Crippen molar-refractivity contribution in [2.75, 3.05) is 13.2 Å². The van der Waals surface area contributed by atoms with E-state index in [9.17, 15) is 0 Å². The third-order valence-corrected chi connectivity index (χ3v) is 2.40. The Morgan fingerprint density at radius 1 is 1.40 bits per heavy atom. The minimum atomic E-state index is 0.103. The second kappa shape index (κ2) is 3.35. The van der Waals surface area contributed by atoms with Gasteiger partial charge in [-0.1, -0.05) is 13.8 Å². The summed E-state index contributed by atoms with van der Waals surface area (Å²) >= 11 is 0. The van der Waals surface area contributed by atoms with Gasteiger partial charge in [0.05, 0.1) is 12.7 Å². The molecule has 3 atom stereocenters. The van der Waals surface area contributed by atoms with Crippen LogP contribution in [0.5, 0.6) is 0 Å². The van der Waals surface area contributed by atoms with Gasteiger partial charge < -0.3 is 9.84 Å². The largest absolute Gasteiger partial charge is 0.394 e. The SMILES string of the molecule is CC1CO[C@@H](CO)CC1C. The Morgan fingerprint density at radius 3 is 2.60 bits per heavy atom. The monoisotopic (exact) mass is 144 g/mol. The van der Waals surface area contributed by atoms with Gasteiger partial charge in [-0.25, -0.2) is 0 Å². The van der Waals surface area contributed by atoms with Gasteiger partial charge in [0.15, 0.2) is 0 Å². The summed E-state index contributed by atoms with van der Waals surface area (Å²) in [6.07, 6.45) is 1.11. The molecule has 1 aliphatic heterocycles. The molecule has 0 aromatic rings. The fourth-order valence-electron chi connectivity index (χ4n) is 1.29. The Morgan fingerprint density at radius 2 is 2.10 bits per heavy atom. The van der Waals surface area contributed by atoms with Crippen LogP contribution in [0.3, 0.4) is 0 Å². The molecule has 2 unspecified atom stereocenters. The van der Waals surface area contributed by atoms with E-state index in [2.05, 4.69) is 13.8 Å². The van der Waals surface area contributed by atoms with E-state index in [4.69, 9.17) is 9.84 Å². The normalized spacial score (nSPS) is 41.7. The van der Waals surface area contributed by atoms with Gasteiger partial charge in [0, 0.05) is 6.61 Å². The summed E-state index contributed by atoms with van der Waals surface area (Å²) in [5, 5.41) is 8.77. The quantitative estimate of drug-likeness (QED) is 0.596. The molecule has 60 valence electrons. The van der Waals surface area contributed by atoms with Gasteiger partial charge in [-0.15, -0.1) is 0 Å². The molecule has 10 heavy (non-hydrogen) atoms. The first-order valence-electron chi connectivity index (χ1n) is 3.96. The van der Waals surface area contributed by atoms with Crippen molar-refractivity contribution < 1.29 is 9.84 Å². The number of hydrogen-bond acceptors (Lipinski definition) is 2. The van der Waals surface area contributed by atoms with Crippen LogP contribution in [0.15, 0.2) is 0 Å². The maximum Gasteiger partial charge on any atom is 0.0808 e. The fraction of sp³-hybridized carbons (Fsp3) is 1.00. The summed E-state index contributed by atoms with van der Waals surface area (Å²) in [7, 11) is 0. The molecule has 1 rings (SSSR count). The first-order valence-corrected chi connectivity index (χ1v) is 3.96. The summed E-state index contributed by atoms with van der Waals surface area (Å²) < 4.78 is 5.36. The van der Waals surface area contributed by atoms with E-state index in [0.29, 0.717) is 11.8 Å². The number of aliphatic hydroxyl groups is 1. The van der Waals surface area contributed by atoms with E-state index in [1.54, 1.807) is 0 Å². The zero-order valence-electron chi connectivity index (χ0n) is 6.71. The smallest absolute Gasteiger partial charge is 0.0808 e. The lowest BCUT2D eigenvalue weighted by Crippen LogP contribution is -2.32. The molecule has 1 N–H and O–H groups in total. The third kappa shape index (κ3) is 1.70. The van der Waals surface area contributed by atoms with Crippen LogP contribution >= 0.6 is 0 Å². The van der Waals surface area contributed by atoms with E-state index >= 15 is 0 Å². The second-order valence-corrected chi connectivity index (χ2v) is 3.33. The van der Waals surface area contributed by atoms with Crippen LogP contribution in [0.4, 0.5) is 0 Å². The highest BCUT2D eigenvalue weighted by atomic mass is 16.5. The van der Waals surface area contributed by atoms with E-state index in [1.807, 2.05) is 0 Å². The van der Waals surface area contributed by atoms with E-state index in [1.165, 1.54) is 0 Å². The van der Waals surface area contributed by atoms with Crippen LogP contribution in [0, 0.1) is 11.8 Å². The zero-order chi connectivity index (χ0) is 7.56. The lowest BCUT2D eigenvalue weighted by atomic mass is 9.89. The molecule has 1 heterocycles. The first-order chi connectivity index (χ1) is 4.74.